The minimum Gasteiger partial charge on any atom is -0.428 e. The molecule has 5 nitrogen and oxygen atoms in total. The van der Waals surface area contributed by atoms with Crippen LogP contribution in [-0.4, -0.2) is 49.2 Å². The average Bonchev–Trinajstić information content (AvgIpc) is 3.45. The maximum absolute atomic E-state index is 14.3. The van der Waals surface area contributed by atoms with E-state index >= 15 is 0 Å². The van der Waals surface area contributed by atoms with Crippen LogP contribution < -0.4 is 9.64 Å². The second-order valence-electron chi connectivity index (χ2n) is 7.42. The highest BCUT2D eigenvalue weighted by Gasteiger charge is 2.56. The smallest absolute Gasteiger partial charge is 0.428 e. The van der Waals surface area contributed by atoms with Crippen LogP contribution in [0.4, 0.5) is 32.4 Å². The van der Waals surface area contributed by atoms with Gasteiger partial charge in [-0.15, -0.1) is 0 Å². The second-order valence-corrected chi connectivity index (χ2v) is 7.42. The molecule has 0 aliphatic carbocycles. The third kappa shape index (κ3) is 3.80. The van der Waals surface area contributed by atoms with Crippen molar-refractivity contribution in [2.24, 2.45) is 0 Å². The minimum atomic E-state index is -4.61. The highest BCUT2D eigenvalue weighted by Crippen LogP contribution is 2.46. The molecule has 4 rings (SSSR count). The van der Waals surface area contributed by atoms with E-state index in [0.29, 0.717) is 24.3 Å². The van der Waals surface area contributed by atoms with Gasteiger partial charge in [0.05, 0.1) is 12.6 Å². The number of carbonyl (C=O) groups excluding carboxylic acids is 1. The number of hydrogen-bond acceptors (Lipinski definition) is 3. The number of urea groups is 1. The van der Waals surface area contributed by atoms with Crippen LogP contribution in [-0.2, 0) is 10.3 Å². The molecule has 0 bridgehead atoms. The lowest BCUT2D eigenvalue weighted by Gasteiger charge is -2.30. The summed E-state index contributed by atoms with van der Waals surface area (Å²) in [6.07, 6.45) is -8.57. The van der Waals surface area contributed by atoms with Crippen molar-refractivity contribution >= 4 is 11.7 Å². The number of ether oxygens (including phenoxy) is 2. The number of amides is 2. The first-order valence-electron chi connectivity index (χ1n) is 9.58. The van der Waals surface area contributed by atoms with Crippen molar-refractivity contribution in [1.82, 2.24) is 4.90 Å². The average molecular weight is 442 g/mol. The predicted molar refractivity (Wildman–Crippen MR) is 101 cm³/mol. The molecule has 0 saturated carbocycles. The number of anilines is 1. The summed E-state index contributed by atoms with van der Waals surface area (Å²) in [5, 5.41) is 0. The van der Waals surface area contributed by atoms with E-state index in [1.54, 1.807) is 30.0 Å². The first-order valence-corrected chi connectivity index (χ1v) is 9.58. The Balaban J connectivity index is 1.48. The Kier molecular flexibility index (Phi) is 5.28. The van der Waals surface area contributed by atoms with Crippen molar-refractivity contribution in [3.63, 3.8) is 0 Å². The van der Waals surface area contributed by atoms with Crippen LogP contribution in [0.5, 0.6) is 5.75 Å². The summed E-state index contributed by atoms with van der Waals surface area (Å²) in [6.45, 7) is 2.72. The van der Waals surface area contributed by atoms with Gasteiger partial charge in [0.15, 0.2) is 0 Å². The molecule has 2 heterocycles. The Labute approximate surface area is 174 Å². The molecule has 2 saturated heterocycles. The van der Waals surface area contributed by atoms with Crippen LogP contribution in [0.1, 0.15) is 12.5 Å². The molecule has 0 N–H and O–H groups in total. The molecule has 2 aromatic carbocycles. The molecular formula is C21H19F5N2O3. The van der Waals surface area contributed by atoms with Gasteiger partial charge in [0.2, 0.25) is 0 Å². The van der Waals surface area contributed by atoms with Crippen LogP contribution in [0.3, 0.4) is 0 Å². The molecule has 0 unspecified atom stereocenters. The van der Waals surface area contributed by atoms with Gasteiger partial charge in [-0.1, -0.05) is 18.2 Å². The molecular weight excluding hydrogens is 423 g/mol. The van der Waals surface area contributed by atoms with E-state index < -0.39 is 35.7 Å². The maximum Gasteiger partial charge on any atom is 0.461 e. The monoisotopic (exact) mass is 442 g/mol. The van der Waals surface area contributed by atoms with Crippen molar-refractivity contribution in [2.75, 3.05) is 24.6 Å². The van der Waals surface area contributed by atoms with Crippen LogP contribution in [0.2, 0.25) is 0 Å². The standard InChI is InChI=1S/C21H19F5N2O3/c1-13(20(12-30-20)16-4-2-3-5-17(16)22)27-10-11-28(19(27)29)14-6-8-15(9-7-14)31-21(25,26)18(23)24/h2-9,13,18H,10-12H2,1H3/t13-,20-/m1/s1. The summed E-state index contributed by atoms with van der Waals surface area (Å²) in [5.74, 6) is -0.859. The number of halogens is 5. The van der Waals surface area contributed by atoms with Gasteiger partial charge in [-0.25, -0.2) is 9.18 Å². The Bertz CT molecular complexity index is 966. The predicted octanol–water partition coefficient (Wildman–Crippen LogP) is 4.62. The van der Waals surface area contributed by atoms with Gasteiger partial charge < -0.3 is 14.4 Å². The molecule has 0 spiro atoms. The van der Waals surface area contributed by atoms with Crippen molar-refractivity contribution in [1.29, 1.82) is 0 Å². The zero-order chi connectivity index (χ0) is 22.4. The molecule has 0 radical (unpaired) electrons. The van der Waals surface area contributed by atoms with E-state index in [0.717, 1.165) is 12.1 Å². The fraction of sp³-hybridized carbons (Fsp3) is 0.381. The lowest BCUT2D eigenvalue weighted by molar-refractivity contribution is -0.253. The Hall–Kier alpha value is -2.88. The molecule has 166 valence electrons. The van der Waals surface area contributed by atoms with E-state index in [1.165, 1.54) is 23.1 Å². The number of alkyl halides is 4. The molecule has 2 aliphatic rings. The number of benzene rings is 2. The number of rotatable bonds is 7. The molecule has 2 amide bonds. The Morgan fingerprint density at radius 3 is 2.32 bits per heavy atom. The van der Waals surface area contributed by atoms with Gasteiger partial charge in [0.1, 0.15) is 17.2 Å². The van der Waals surface area contributed by atoms with E-state index in [1.807, 2.05) is 0 Å². The summed E-state index contributed by atoms with van der Waals surface area (Å²) >= 11 is 0. The van der Waals surface area contributed by atoms with Crippen LogP contribution in [0.25, 0.3) is 0 Å². The SMILES string of the molecule is C[C@@H](N1CCN(c2ccc(OC(F)(F)C(F)F)cc2)C1=O)[C@@]1(c2ccccc2F)CO1. The second kappa shape index (κ2) is 7.67. The van der Waals surface area contributed by atoms with Gasteiger partial charge in [-0.2, -0.15) is 17.6 Å². The van der Waals surface area contributed by atoms with E-state index in [4.69, 9.17) is 4.74 Å². The summed E-state index contributed by atoms with van der Waals surface area (Å²) in [5.41, 5.74) is -0.144. The highest BCUT2D eigenvalue weighted by atomic mass is 19.3. The summed E-state index contributed by atoms with van der Waals surface area (Å²) in [6, 6.07) is 10.3. The first-order chi connectivity index (χ1) is 14.7. The summed E-state index contributed by atoms with van der Waals surface area (Å²) < 4.78 is 74.6. The number of hydrogen-bond donors (Lipinski definition) is 0. The zero-order valence-corrected chi connectivity index (χ0v) is 16.4. The zero-order valence-electron chi connectivity index (χ0n) is 16.4. The number of nitrogens with zero attached hydrogens (tertiary/aromatic N) is 2. The molecule has 2 fully saturated rings. The van der Waals surface area contributed by atoms with Gasteiger partial charge in [-0.05, 0) is 37.3 Å². The molecule has 10 heteroatoms. The highest BCUT2D eigenvalue weighted by molar-refractivity contribution is 5.94. The molecule has 31 heavy (non-hydrogen) atoms. The number of epoxide rings is 1. The van der Waals surface area contributed by atoms with Gasteiger partial charge in [0, 0.05) is 24.3 Å². The minimum absolute atomic E-state index is 0.281. The number of carbonyl (C=O) groups is 1. The quantitative estimate of drug-likeness (QED) is 0.465. The van der Waals surface area contributed by atoms with E-state index in [2.05, 4.69) is 4.74 Å². The van der Waals surface area contributed by atoms with Crippen molar-refractivity contribution in [2.45, 2.75) is 31.1 Å². The van der Waals surface area contributed by atoms with E-state index in [9.17, 15) is 26.7 Å². The fourth-order valence-electron chi connectivity index (χ4n) is 3.80. The lowest BCUT2D eigenvalue weighted by atomic mass is 9.91. The molecule has 2 aliphatic heterocycles. The van der Waals surface area contributed by atoms with Gasteiger partial charge in [0.25, 0.3) is 0 Å². The fourth-order valence-corrected chi connectivity index (χ4v) is 3.80. The van der Waals surface area contributed by atoms with Crippen LogP contribution in [0.15, 0.2) is 48.5 Å². The normalized spacial score (nSPS) is 22.2. The summed E-state index contributed by atoms with van der Waals surface area (Å²) in [4.78, 5) is 16.0. The van der Waals surface area contributed by atoms with Crippen molar-refractivity contribution < 1.29 is 36.2 Å². The molecule has 2 aromatic rings. The van der Waals surface area contributed by atoms with Crippen molar-refractivity contribution in [3.05, 3.63) is 59.9 Å². The third-order valence-corrected chi connectivity index (χ3v) is 5.62. The lowest BCUT2D eigenvalue weighted by Crippen LogP contribution is -2.45. The Morgan fingerprint density at radius 1 is 1.10 bits per heavy atom. The van der Waals surface area contributed by atoms with Crippen LogP contribution in [0, 0.1) is 5.82 Å². The maximum atomic E-state index is 14.3. The van der Waals surface area contributed by atoms with Crippen molar-refractivity contribution in [3.8, 4) is 5.75 Å². The summed E-state index contributed by atoms with van der Waals surface area (Å²) in [7, 11) is 0. The van der Waals surface area contributed by atoms with E-state index in [-0.39, 0.29) is 12.6 Å². The van der Waals surface area contributed by atoms with Crippen LogP contribution >= 0.6 is 0 Å². The molecule has 0 aromatic heterocycles. The molecule has 2 atom stereocenters. The first kappa shape index (κ1) is 21.4. The van der Waals surface area contributed by atoms with Gasteiger partial charge in [-0.3, -0.25) is 4.90 Å². The van der Waals surface area contributed by atoms with Gasteiger partial charge >= 0.3 is 18.6 Å². The third-order valence-electron chi connectivity index (χ3n) is 5.62. The largest absolute Gasteiger partial charge is 0.461 e. The Morgan fingerprint density at radius 2 is 1.74 bits per heavy atom. The topological polar surface area (TPSA) is 45.3 Å².